The molecular formula is C14H9F2NO. The maximum Gasteiger partial charge on any atom is 0.162 e. The highest BCUT2D eigenvalue weighted by Crippen LogP contribution is 2.17. The monoisotopic (exact) mass is 245 g/mol. The first kappa shape index (κ1) is 12.1. The third kappa shape index (κ3) is 2.64. The van der Waals surface area contributed by atoms with Crippen molar-refractivity contribution in [3.05, 3.63) is 65.2 Å². The van der Waals surface area contributed by atoms with Gasteiger partial charge in [0.2, 0.25) is 0 Å². The highest BCUT2D eigenvalue weighted by Gasteiger charge is 2.05. The molecule has 2 aromatic carbocycles. The van der Waals surface area contributed by atoms with Crippen LogP contribution in [0.4, 0.5) is 8.78 Å². The zero-order valence-corrected chi connectivity index (χ0v) is 9.36. The summed E-state index contributed by atoms with van der Waals surface area (Å²) in [6, 6.07) is 12.3. The third-order valence-corrected chi connectivity index (χ3v) is 2.42. The highest BCUT2D eigenvalue weighted by atomic mass is 19.2. The Balaban J connectivity index is 2.12. The van der Waals surface area contributed by atoms with E-state index in [1.165, 1.54) is 6.07 Å². The largest absolute Gasteiger partial charge is 0.489 e. The number of hydrogen-bond acceptors (Lipinski definition) is 2. The van der Waals surface area contributed by atoms with E-state index in [4.69, 9.17) is 10.00 Å². The fourth-order valence-corrected chi connectivity index (χ4v) is 1.48. The molecule has 2 rings (SSSR count). The van der Waals surface area contributed by atoms with E-state index in [0.29, 0.717) is 11.1 Å². The lowest BCUT2D eigenvalue weighted by Gasteiger charge is -2.07. The van der Waals surface area contributed by atoms with Crippen molar-refractivity contribution in [3.63, 3.8) is 0 Å². The molecule has 0 aliphatic rings. The van der Waals surface area contributed by atoms with Crippen LogP contribution in [0.5, 0.6) is 5.75 Å². The average Bonchev–Trinajstić information content (AvgIpc) is 2.40. The first-order valence-corrected chi connectivity index (χ1v) is 5.26. The molecule has 0 N–H and O–H groups in total. The van der Waals surface area contributed by atoms with Gasteiger partial charge in [0, 0.05) is 11.6 Å². The molecule has 0 heterocycles. The molecule has 18 heavy (non-hydrogen) atoms. The van der Waals surface area contributed by atoms with Crippen LogP contribution in [0.1, 0.15) is 11.1 Å². The third-order valence-electron chi connectivity index (χ3n) is 2.42. The van der Waals surface area contributed by atoms with Crippen molar-refractivity contribution >= 4 is 0 Å². The maximum absolute atomic E-state index is 12.9. The standard InChI is InChI=1S/C14H9F2NO/c15-13-6-5-12(7-14(13)16)18-9-11-4-2-1-3-10(11)8-17/h1-7H,9H2. The van der Waals surface area contributed by atoms with Crippen LogP contribution in [-0.4, -0.2) is 0 Å². The second-order valence-electron chi connectivity index (χ2n) is 3.63. The van der Waals surface area contributed by atoms with E-state index in [-0.39, 0.29) is 12.4 Å². The smallest absolute Gasteiger partial charge is 0.162 e. The van der Waals surface area contributed by atoms with E-state index < -0.39 is 11.6 Å². The normalized spacial score (nSPS) is 9.83. The van der Waals surface area contributed by atoms with Gasteiger partial charge in [0.25, 0.3) is 0 Å². The SMILES string of the molecule is N#Cc1ccccc1COc1ccc(F)c(F)c1. The molecule has 2 aromatic rings. The molecule has 0 saturated carbocycles. The van der Waals surface area contributed by atoms with Gasteiger partial charge in [-0.15, -0.1) is 0 Å². The average molecular weight is 245 g/mol. The van der Waals surface area contributed by atoms with Gasteiger partial charge in [-0.3, -0.25) is 0 Å². The Morgan fingerprint density at radius 1 is 1.06 bits per heavy atom. The maximum atomic E-state index is 12.9. The minimum absolute atomic E-state index is 0.134. The molecule has 0 fully saturated rings. The fraction of sp³-hybridized carbons (Fsp3) is 0.0714. The predicted octanol–water partition coefficient (Wildman–Crippen LogP) is 3.42. The van der Waals surface area contributed by atoms with Crippen molar-refractivity contribution in [2.45, 2.75) is 6.61 Å². The number of nitrogens with zero attached hydrogens (tertiary/aromatic N) is 1. The molecule has 90 valence electrons. The number of hydrogen-bond donors (Lipinski definition) is 0. The number of rotatable bonds is 3. The van der Waals surface area contributed by atoms with E-state index in [1.807, 2.05) is 6.07 Å². The quantitative estimate of drug-likeness (QED) is 0.830. The minimum Gasteiger partial charge on any atom is -0.489 e. The summed E-state index contributed by atoms with van der Waals surface area (Å²) in [5, 5.41) is 8.88. The molecule has 0 radical (unpaired) electrons. The van der Waals surface area contributed by atoms with Crippen molar-refractivity contribution in [1.82, 2.24) is 0 Å². The number of halogens is 2. The second kappa shape index (κ2) is 5.28. The Kier molecular flexibility index (Phi) is 3.54. The molecule has 0 unspecified atom stereocenters. The van der Waals surface area contributed by atoms with Crippen LogP contribution in [-0.2, 0) is 6.61 Å². The minimum atomic E-state index is -0.957. The lowest BCUT2D eigenvalue weighted by molar-refractivity contribution is 0.303. The molecule has 0 aromatic heterocycles. The van der Waals surface area contributed by atoms with Crippen LogP contribution >= 0.6 is 0 Å². The van der Waals surface area contributed by atoms with Gasteiger partial charge in [-0.05, 0) is 18.2 Å². The van der Waals surface area contributed by atoms with Crippen LogP contribution in [0.25, 0.3) is 0 Å². The van der Waals surface area contributed by atoms with E-state index >= 15 is 0 Å². The first-order valence-electron chi connectivity index (χ1n) is 5.26. The van der Waals surface area contributed by atoms with Crippen molar-refractivity contribution in [2.75, 3.05) is 0 Å². The van der Waals surface area contributed by atoms with Crippen molar-refractivity contribution in [3.8, 4) is 11.8 Å². The van der Waals surface area contributed by atoms with Gasteiger partial charge in [0.15, 0.2) is 11.6 Å². The zero-order chi connectivity index (χ0) is 13.0. The number of ether oxygens (including phenoxy) is 1. The Labute approximate surface area is 103 Å². The summed E-state index contributed by atoms with van der Waals surface area (Å²) < 4.78 is 31.0. The van der Waals surface area contributed by atoms with Crippen LogP contribution in [0.3, 0.4) is 0 Å². The van der Waals surface area contributed by atoms with Crippen molar-refractivity contribution in [2.24, 2.45) is 0 Å². The number of nitriles is 1. The summed E-state index contributed by atoms with van der Waals surface area (Å²) in [5.74, 6) is -1.65. The Morgan fingerprint density at radius 3 is 2.56 bits per heavy atom. The van der Waals surface area contributed by atoms with E-state index in [1.54, 1.807) is 24.3 Å². The Morgan fingerprint density at radius 2 is 1.83 bits per heavy atom. The van der Waals surface area contributed by atoms with Crippen LogP contribution in [0, 0.1) is 23.0 Å². The van der Waals surface area contributed by atoms with Crippen LogP contribution < -0.4 is 4.74 Å². The summed E-state index contributed by atoms with van der Waals surface area (Å²) >= 11 is 0. The molecular weight excluding hydrogens is 236 g/mol. The molecule has 0 aliphatic heterocycles. The highest BCUT2D eigenvalue weighted by molar-refractivity contribution is 5.37. The topological polar surface area (TPSA) is 33.0 Å². The summed E-state index contributed by atoms with van der Waals surface area (Å²) in [5.41, 5.74) is 1.20. The van der Waals surface area contributed by atoms with Gasteiger partial charge >= 0.3 is 0 Å². The summed E-state index contributed by atoms with van der Waals surface area (Å²) in [6.07, 6.45) is 0. The van der Waals surface area contributed by atoms with Crippen LogP contribution in [0.15, 0.2) is 42.5 Å². The predicted molar refractivity (Wildman–Crippen MR) is 61.8 cm³/mol. The van der Waals surface area contributed by atoms with Gasteiger partial charge in [-0.1, -0.05) is 18.2 Å². The van der Waals surface area contributed by atoms with Gasteiger partial charge in [0.05, 0.1) is 11.6 Å². The first-order chi connectivity index (χ1) is 8.70. The van der Waals surface area contributed by atoms with E-state index in [0.717, 1.165) is 12.1 Å². The lowest BCUT2D eigenvalue weighted by Crippen LogP contribution is -1.98. The van der Waals surface area contributed by atoms with E-state index in [2.05, 4.69) is 0 Å². The van der Waals surface area contributed by atoms with Crippen molar-refractivity contribution < 1.29 is 13.5 Å². The summed E-state index contributed by atoms with van der Waals surface area (Å²) in [7, 11) is 0. The molecule has 0 atom stereocenters. The molecule has 0 amide bonds. The number of benzene rings is 2. The molecule has 0 saturated heterocycles. The molecule has 4 heteroatoms. The second-order valence-corrected chi connectivity index (χ2v) is 3.63. The molecule has 0 bridgehead atoms. The summed E-state index contributed by atoms with van der Waals surface area (Å²) in [4.78, 5) is 0. The molecule has 0 aliphatic carbocycles. The summed E-state index contributed by atoms with van der Waals surface area (Å²) in [6.45, 7) is 0.134. The zero-order valence-electron chi connectivity index (χ0n) is 9.36. The Hall–Kier alpha value is -2.41. The Bertz CT molecular complexity index is 605. The fourth-order valence-electron chi connectivity index (χ4n) is 1.48. The van der Waals surface area contributed by atoms with Crippen LogP contribution in [0.2, 0.25) is 0 Å². The van der Waals surface area contributed by atoms with Gasteiger partial charge in [-0.2, -0.15) is 5.26 Å². The van der Waals surface area contributed by atoms with Gasteiger partial charge < -0.3 is 4.74 Å². The lowest BCUT2D eigenvalue weighted by atomic mass is 10.1. The molecule has 0 spiro atoms. The van der Waals surface area contributed by atoms with Gasteiger partial charge in [-0.25, -0.2) is 8.78 Å². The van der Waals surface area contributed by atoms with Gasteiger partial charge in [0.1, 0.15) is 12.4 Å². The molecule has 2 nitrogen and oxygen atoms in total. The van der Waals surface area contributed by atoms with Crippen molar-refractivity contribution in [1.29, 1.82) is 5.26 Å². The van der Waals surface area contributed by atoms with E-state index in [9.17, 15) is 8.78 Å².